The summed E-state index contributed by atoms with van der Waals surface area (Å²) in [4.78, 5) is 4.13. The molecule has 2 rings (SSSR count). The van der Waals surface area contributed by atoms with Crippen LogP contribution in [0.1, 0.15) is 11.3 Å². The van der Waals surface area contributed by atoms with Crippen molar-refractivity contribution >= 4 is 34.7 Å². The zero-order valence-electron chi connectivity index (χ0n) is 9.74. The van der Waals surface area contributed by atoms with Crippen LogP contribution in [0.3, 0.4) is 0 Å². The van der Waals surface area contributed by atoms with Crippen LogP contribution in [0.4, 0.5) is 5.82 Å². The third-order valence-electron chi connectivity index (χ3n) is 2.29. The predicted octanol–water partition coefficient (Wildman–Crippen LogP) is 3.12. The molecule has 0 fully saturated rings. The second kappa shape index (κ2) is 5.84. The lowest BCUT2D eigenvalue weighted by atomic mass is 10.3. The van der Waals surface area contributed by atoms with Gasteiger partial charge in [0.2, 0.25) is 0 Å². The Kier molecular flexibility index (Phi) is 4.17. The summed E-state index contributed by atoms with van der Waals surface area (Å²) in [5.74, 6) is 1.48. The standard InChI is InChI=1S/C12H12ClN3OS/c1-8-5-11(14-7-10(8)13)16-12(18)15-6-9-3-2-4-17-9/h2-5,7H,6H2,1H3,(H2,14,15,16,18). The summed E-state index contributed by atoms with van der Waals surface area (Å²) in [5.41, 5.74) is 0.947. The van der Waals surface area contributed by atoms with Crippen LogP contribution in [-0.2, 0) is 6.54 Å². The van der Waals surface area contributed by atoms with Gasteiger partial charge in [-0.25, -0.2) is 4.98 Å². The molecule has 0 atom stereocenters. The number of hydrogen-bond donors (Lipinski definition) is 2. The monoisotopic (exact) mass is 281 g/mol. The molecule has 0 saturated carbocycles. The van der Waals surface area contributed by atoms with Crippen molar-refractivity contribution in [2.24, 2.45) is 0 Å². The zero-order chi connectivity index (χ0) is 13.0. The van der Waals surface area contributed by atoms with Crippen LogP contribution in [0.15, 0.2) is 35.1 Å². The molecule has 6 heteroatoms. The molecule has 0 spiro atoms. The summed E-state index contributed by atoms with van der Waals surface area (Å²) < 4.78 is 5.19. The molecule has 94 valence electrons. The highest BCUT2D eigenvalue weighted by Gasteiger charge is 2.02. The van der Waals surface area contributed by atoms with Gasteiger partial charge in [-0.05, 0) is 42.9 Å². The summed E-state index contributed by atoms with van der Waals surface area (Å²) in [6.45, 7) is 2.44. The average molecular weight is 282 g/mol. The molecule has 2 aromatic rings. The Balaban J connectivity index is 1.88. The summed E-state index contributed by atoms with van der Waals surface area (Å²) in [7, 11) is 0. The number of furan rings is 1. The third kappa shape index (κ3) is 3.45. The Hall–Kier alpha value is -1.59. The molecule has 4 nitrogen and oxygen atoms in total. The number of aryl methyl sites for hydroxylation is 1. The molecule has 0 saturated heterocycles. The van der Waals surface area contributed by atoms with Crippen molar-refractivity contribution in [2.75, 3.05) is 5.32 Å². The first kappa shape index (κ1) is 12.9. The molecule has 0 unspecified atom stereocenters. The maximum Gasteiger partial charge on any atom is 0.172 e. The molecule has 0 aromatic carbocycles. The van der Waals surface area contributed by atoms with E-state index in [0.717, 1.165) is 11.3 Å². The van der Waals surface area contributed by atoms with E-state index in [1.54, 1.807) is 12.5 Å². The topological polar surface area (TPSA) is 50.1 Å². The van der Waals surface area contributed by atoms with Gasteiger partial charge in [0.15, 0.2) is 5.11 Å². The quantitative estimate of drug-likeness (QED) is 0.847. The lowest BCUT2D eigenvalue weighted by molar-refractivity contribution is 0.503. The maximum absolute atomic E-state index is 5.89. The fourth-order valence-electron chi connectivity index (χ4n) is 1.35. The highest BCUT2D eigenvalue weighted by Crippen LogP contribution is 2.16. The Morgan fingerprint density at radius 3 is 3.06 bits per heavy atom. The molecular weight excluding hydrogens is 270 g/mol. The first-order valence-corrected chi connectivity index (χ1v) is 6.13. The Labute approximate surface area is 115 Å². The van der Waals surface area contributed by atoms with Crippen molar-refractivity contribution in [3.63, 3.8) is 0 Å². The molecule has 0 aliphatic heterocycles. The molecular formula is C12H12ClN3OS. The number of nitrogens with one attached hydrogen (secondary N) is 2. The first-order chi connectivity index (χ1) is 8.65. The molecule has 0 amide bonds. The molecule has 2 N–H and O–H groups in total. The highest BCUT2D eigenvalue weighted by molar-refractivity contribution is 7.80. The van der Waals surface area contributed by atoms with Gasteiger partial charge in [0, 0.05) is 6.20 Å². The number of hydrogen-bond acceptors (Lipinski definition) is 3. The van der Waals surface area contributed by atoms with Crippen LogP contribution in [0.5, 0.6) is 0 Å². The molecule has 0 aliphatic carbocycles. The predicted molar refractivity (Wildman–Crippen MR) is 75.8 cm³/mol. The zero-order valence-corrected chi connectivity index (χ0v) is 11.3. The molecule has 0 bridgehead atoms. The van der Waals surface area contributed by atoms with Gasteiger partial charge in [0.1, 0.15) is 11.6 Å². The van der Waals surface area contributed by atoms with E-state index in [4.69, 9.17) is 28.2 Å². The molecule has 2 aromatic heterocycles. The number of halogens is 1. The van der Waals surface area contributed by atoms with E-state index in [0.29, 0.717) is 22.5 Å². The Morgan fingerprint density at radius 2 is 2.39 bits per heavy atom. The van der Waals surface area contributed by atoms with Crippen molar-refractivity contribution in [2.45, 2.75) is 13.5 Å². The number of pyridine rings is 1. The van der Waals surface area contributed by atoms with Crippen LogP contribution >= 0.6 is 23.8 Å². The minimum atomic E-state index is 0.487. The van der Waals surface area contributed by atoms with E-state index in [9.17, 15) is 0 Å². The molecule has 18 heavy (non-hydrogen) atoms. The van der Waals surface area contributed by atoms with Gasteiger partial charge in [0.25, 0.3) is 0 Å². The molecule has 0 radical (unpaired) electrons. The number of thiocarbonyl (C=S) groups is 1. The van der Waals surface area contributed by atoms with Crippen LogP contribution in [0.25, 0.3) is 0 Å². The fraction of sp³-hybridized carbons (Fsp3) is 0.167. The largest absolute Gasteiger partial charge is 0.467 e. The molecule has 0 aliphatic rings. The second-order valence-corrected chi connectivity index (χ2v) is 4.52. The van der Waals surface area contributed by atoms with E-state index < -0.39 is 0 Å². The van der Waals surface area contributed by atoms with Gasteiger partial charge in [-0.3, -0.25) is 0 Å². The summed E-state index contributed by atoms with van der Waals surface area (Å²) in [6.07, 6.45) is 3.21. The van der Waals surface area contributed by atoms with Crippen molar-refractivity contribution in [1.82, 2.24) is 10.3 Å². The maximum atomic E-state index is 5.89. The summed E-state index contributed by atoms with van der Waals surface area (Å²) in [5, 5.41) is 7.12. The number of aromatic nitrogens is 1. The minimum absolute atomic E-state index is 0.487. The number of nitrogens with zero attached hydrogens (tertiary/aromatic N) is 1. The van der Waals surface area contributed by atoms with Crippen molar-refractivity contribution < 1.29 is 4.42 Å². The number of rotatable bonds is 3. The van der Waals surface area contributed by atoms with Crippen molar-refractivity contribution in [3.8, 4) is 0 Å². The molecule has 2 heterocycles. The van der Waals surface area contributed by atoms with Gasteiger partial charge >= 0.3 is 0 Å². The Morgan fingerprint density at radius 1 is 1.56 bits per heavy atom. The summed E-state index contributed by atoms with van der Waals surface area (Å²) >= 11 is 11.0. The Bertz CT molecular complexity index is 542. The van der Waals surface area contributed by atoms with Crippen LogP contribution in [0, 0.1) is 6.92 Å². The van der Waals surface area contributed by atoms with Crippen molar-refractivity contribution in [1.29, 1.82) is 0 Å². The van der Waals surface area contributed by atoms with E-state index in [-0.39, 0.29) is 0 Å². The smallest absolute Gasteiger partial charge is 0.172 e. The summed E-state index contributed by atoms with van der Waals surface area (Å²) in [6, 6.07) is 5.54. The minimum Gasteiger partial charge on any atom is -0.467 e. The SMILES string of the molecule is Cc1cc(NC(=S)NCc2ccco2)ncc1Cl. The van der Waals surface area contributed by atoms with Gasteiger partial charge in [-0.2, -0.15) is 0 Å². The van der Waals surface area contributed by atoms with E-state index >= 15 is 0 Å². The average Bonchev–Trinajstić information content (AvgIpc) is 2.84. The van der Waals surface area contributed by atoms with Crippen LogP contribution in [0.2, 0.25) is 5.02 Å². The number of anilines is 1. The lowest BCUT2D eigenvalue weighted by Crippen LogP contribution is -2.28. The lowest BCUT2D eigenvalue weighted by Gasteiger charge is -2.09. The van der Waals surface area contributed by atoms with Crippen molar-refractivity contribution in [3.05, 3.63) is 47.0 Å². The second-order valence-electron chi connectivity index (χ2n) is 3.71. The van der Waals surface area contributed by atoms with Gasteiger partial charge < -0.3 is 15.1 Å². The van der Waals surface area contributed by atoms with Gasteiger partial charge in [-0.15, -0.1) is 0 Å². The fourth-order valence-corrected chi connectivity index (χ4v) is 1.63. The first-order valence-electron chi connectivity index (χ1n) is 5.34. The van der Waals surface area contributed by atoms with Crippen LogP contribution in [-0.4, -0.2) is 10.1 Å². The van der Waals surface area contributed by atoms with E-state index in [2.05, 4.69) is 15.6 Å². The van der Waals surface area contributed by atoms with E-state index in [1.807, 2.05) is 25.1 Å². The third-order valence-corrected chi connectivity index (χ3v) is 2.93. The normalized spacial score (nSPS) is 10.1. The van der Waals surface area contributed by atoms with Gasteiger partial charge in [0.05, 0.1) is 17.8 Å². The van der Waals surface area contributed by atoms with E-state index in [1.165, 1.54) is 0 Å². The van der Waals surface area contributed by atoms with Crippen LogP contribution < -0.4 is 10.6 Å². The highest BCUT2D eigenvalue weighted by atomic mass is 35.5. The van der Waals surface area contributed by atoms with Gasteiger partial charge in [-0.1, -0.05) is 11.6 Å².